The molecule has 0 bridgehead atoms. The van der Waals surface area contributed by atoms with Gasteiger partial charge in [0.05, 0.1) is 18.9 Å². The van der Waals surface area contributed by atoms with Crippen molar-refractivity contribution < 1.29 is 13.9 Å². The first-order valence-electron chi connectivity index (χ1n) is 8.94. The van der Waals surface area contributed by atoms with Gasteiger partial charge < -0.3 is 19.8 Å². The number of benzene rings is 2. The van der Waals surface area contributed by atoms with E-state index >= 15 is 0 Å². The number of anilines is 2. The van der Waals surface area contributed by atoms with Gasteiger partial charge in [0.2, 0.25) is 0 Å². The molecule has 0 saturated heterocycles. The molecule has 6 nitrogen and oxygen atoms in total. The van der Waals surface area contributed by atoms with Crippen LogP contribution >= 0.6 is 11.6 Å². The molecule has 2 N–H and O–H groups in total. The summed E-state index contributed by atoms with van der Waals surface area (Å²) in [6, 6.07) is 18.4. The van der Waals surface area contributed by atoms with Crippen molar-refractivity contribution in [2.75, 3.05) is 17.7 Å². The van der Waals surface area contributed by atoms with Crippen LogP contribution < -0.4 is 15.4 Å². The fraction of sp³-hybridized carbons (Fsp3) is 0.0909. The van der Waals surface area contributed by atoms with E-state index in [-0.39, 0.29) is 11.7 Å². The maximum Gasteiger partial charge on any atom is 0.291 e. The number of ether oxygens (including phenoxy) is 1. The molecule has 0 aliphatic heterocycles. The molecule has 2 aromatic carbocycles. The van der Waals surface area contributed by atoms with Gasteiger partial charge in [-0.05, 0) is 48.5 Å². The van der Waals surface area contributed by atoms with Crippen LogP contribution in [-0.4, -0.2) is 18.0 Å². The quantitative estimate of drug-likeness (QED) is 0.421. The van der Waals surface area contributed by atoms with Crippen molar-refractivity contribution in [3.05, 3.63) is 83.4 Å². The highest BCUT2D eigenvalue weighted by molar-refractivity contribution is 6.30. The van der Waals surface area contributed by atoms with Crippen LogP contribution in [0, 0.1) is 0 Å². The number of carbonyl (C=O) groups is 1. The molecule has 0 saturated carbocycles. The molecular weight excluding hydrogens is 390 g/mol. The van der Waals surface area contributed by atoms with E-state index in [0.29, 0.717) is 17.4 Å². The number of fused-ring (bicyclic) bond motifs is 1. The van der Waals surface area contributed by atoms with Crippen LogP contribution in [-0.2, 0) is 6.54 Å². The van der Waals surface area contributed by atoms with Crippen LogP contribution in [0.3, 0.4) is 0 Å². The standard InChI is InChI=1S/C22H18ClN3O3/c1-28-18-8-7-14-10-15(21(23)26-19(14)12-18)13-24-16-4-2-5-17(11-16)25-22(27)20-6-3-9-29-20/h2-12,24H,13H2,1H3,(H,25,27). The van der Waals surface area contributed by atoms with E-state index in [1.165, 1.54) is 6.26 Å². The van der Waals surface area contributed by atoms with Gasteiger partial charge in [0, 0.05) is 34.9 Å². The summed E-state index contributed by atoms with van der Waals surface area (Å²) in [6.07, 6.45) is 1.46. The van der Waals surface area contributed by atoms with E-state index < -0.39 is 0 Å². The lowest BCUT2D eigenvalue weighted by atomic mass is 10.1. The summed E-state index contributed by atoms with van der Waals surface area (Å²) in [5, 5.41) is 7.53. The summed E-state index contributed by atoms with van der Waals surface area (Å²) in [4.78, 5) is 16.6. The lowest BCUT2D eigenvalue weighted by molar-refractivity contribution is 0.0996. The van der Waals surface area contributed by atoms with Gasteiger partial charge in [-0.25, -0.2) is 4.98 Å². The number of carbonyl (C=O) groups excluding carboxylic acids is 1. The Labute approximate surface area is 172 Å². The van der Waals surface area contributed by atoms with Crippen molar-refractivity contribution in [3.8, 4) is 5.75 Å². The Hall–Kier alpha value is -3.51. The smallest absolute Gasteiger partial charge is 0.291 e. The molecule has 0 unspecified atom stereocenters. The molecule has 0 aliphatic rings. The van der Waals surface area contributed by atoms with Crippen LogP contribution in [0.5, 0.6) is 5.75 Å². The minimum absolute atomic E-state index is 0.258. The number of methoxy groups -OCH3 is 1. The topological polar surface area (TPSA) is 76.4 Å². The van der Waals surface area contributed by atoms with Gasteiger partial charge in [-0.3, -0.25) is 4.79 Å². The molecule has 4 aromatic rings. The Morgan fingerprint density at radius 1 is 1.10 bits per heavy atom. The fourth-order valence-corrected chi connectivity index (χ4v) is 3.14. The maximum atomic E-state index is 12.1. The van der Waals surface area contributed by atoms with E-state index in [9.17, 15) is 4.79 Å². The summed E-state index contributed by atoms with van der Waals surface area (Å²) >= 11 is 6.36. The molecule has 4 rings (SSSR count). The van der Waals surface area contributed by atoms with Gasteiger partial charge in [-0.15, -0.1) is 0 Å². The Morgan fingerprint density at radius 2 is 1.97 bits per heavy atom. The van der Waals surface area contributed by atoms with Gasteiger partial charge in [0.15, 0.2) is 5.76 Å². The second-order valence-corrected chi connectivity index (χ2v) is 6.72. The molecule has 0 atom stereocenters. The number of aromatic nitrogens is 1. The van der Waals surface area contributed by atoms with Crippen LogP contribution in [0.2, 0.25) is 5.15 Å². The Morgan fingerprint density at radius 3 is 2.76 bits per heavy atom. The molecule has 7 heteroatoms. The summed E-state index contributed by atoms with van der Waals surface area (Å²) < 4.78 is 10.3. The number of hydrogen-bond acceptors (Lipinski definition) is 5. The van der Waals surface area contributed by atoms with Gasteiger partial charge in [-0.2, -0.15) is 0 Å². The molecule has 2 heterocycles. The molecule has 0 aliphatic carbocycles. The molecule has 0 fully saturated rings. The number of amides is 1. The molecule has 0 spiro atoms. The van der Waals surface area contributed by atoms with Crippen LogP contribution in [0.25, 0.3) is 10.9 Å². The molecule has 2 aromatic heterocycles. The zero-order valence-corrected chi connectivity index (χ0v) is 16.4. The van der Waals surface area contributed by atoms with Crippen molar-refractivity contribution in [2.24, 2.45) is 0 Å². The van der Waals surface area contributed by atoms with Gasteiger partial charge >= 0.3 is 0 Å². The van der Waals surface area contributed by atoms with Crippen molar-refractivity contribution in [1.29, 1.82) is 0 Å². The van der Waals surface area contributed by atoms with E-state index in [4.69, 9.17) is 20.8 Å². The number of nitrogens with zero attached hydrogens (tertiary/aromatic N) is 1. The number of rotatable bonds is 6. The highest BCUT2D eigenvalue weighted by Gasteiger charge is 2.10. The van der Waals surface area contributed by atoms with Crippen molar-refractivity contribution in [1.82, 2.24) is 4.98 Å². The minimum Gasteiger partial charge on any atom is -0.497 e. The number of halogens is 1. The first kappa shape index (κ1) is 18.8. The zero-order valence-electron chi connectivity index (χ0n) is 15.6. The lowest BCUT2D eigenvalue weighted by Crippen LogP contribution is -2.11. The van der Waals surface area contributed by atoms with Gasteiger partial charge in [0.1, 0.15) is 10.9 Å². The highest BCUT2D eigenvalue weighted by atomic mass is 35.5. The van der Waals surface area contributed by atoms with E-state index in [1.54, 1.807) is 19.2 Å². The average molecular weight is 408 g/mol. The number of furan rings is 1. The lowest BCUT2D eigenvalue weighted by Gasteiger charge is -2.11. The Bertz CT molecular complexity index is 1160. The molecule has 0 radical (unpaired) electrons. The SMILES string of the molecule is COc1ccc2cc(CNc3cccc(NC(=O)c4ccco4)c3)c(Cl)nc2c1. The number of nitrogens with one attached hydrogen (secondary N) is 2. The molecule has 146 valence electrons. The maximum absolute atomic E-state index is 12.1. The van der Waals surface area contributed by atoms with Crippen LogP contribution in [0.1, 0.15) is 16.1 Å². The summed E-state index contributed by atoms with van der Waals surface area (Å²) in [5.74, 6) is 0.693. The van der Waals surface area contributed by atoms with Crippen LogP contribution in [0.15, 0.2) is 71.3 Å². The predicted octanol–water partition coefficient (Wildman–Crippen LogP) is 5.35. The number of hydrogen-bond donors (Lipinski definition) is 2. The minimum atomic E-state index is -0.302. The third-order valence-electron chi connectivity index (χ3n) is 4.40. The molecule has 1 amide bonds. The van der Waals surface area contributed by atoms with E-state index in [0.717, 1.165) is 27.9 Å². The first-order chi connectivity index (χ1) is 14.1. The second kappa shape index (κ2) is 8.24. The summed E-state index contributed by atoms with van der Waals surface area (Å²) in [6.45, 7) is 0.489. The van der Waals surface area contributed by atoms with Crippen molar-refractivity contribution in [3.63, 3.8) is 0 Å². The first-order valence-corrected chi connectivity index (χ1v) is 9.32. The second-order valence-electron chi connectivity index (χ2n) is 6.36. The Balaban J connectivity index is 1.47. The normalized spacial score (nSPS) is 10.7. The summed E-state index contributed by atoms with van der Waals surface area (Å²) in [7, 11) is 1.62. The van der Waals surface area contributed by atoms with Crippen molar-refractivity contribution in [2.45, 2.75) is 6.54 Å². The van der Waals surface area contributed by atoms with E-state index in [2.05, 4.69) is 15.6 Å². The van der Waals surface area contributed by atoms with Crippen molar-refractivity contribution >= 4 is 39.8 Å². The molecular formula is C22H18ClN3O3. The van der Waals surface area contributed by atoms with Gasteiger partial charge in [0.25, 0.3) is 5.91 Å². The van der Waals surface area contributed by atoms with Crippen LogP contribution in [0.4, 0.5) is 11.4 Å². The monoisotopic (exact) mass is 407 g/mol. The third kappa shape index (κ3) is 4.33. The predicted molar refractivity (Wildman–Crippen MR) is 114 cm³/mol. The third-order valence-corrected chi connectivity index (χ3v) is 4.73. The number of pyridine rings is 1. The molecule has 29 heavy (non-hydrogen) atoms. The fourth-order valence-electron chi connectivity index (χ4n) is 2.92. The van der Waals surface area contributed by atoms with E-state index in [1.807, 2.05) is 48.5 Å². The van der Waals surface area contributed by atoms with Gasteiger partial charge in [-0.1, -0.05) is 17.7 Å². The average Bonchev–Trinajstić information content (AvgIpc) is 3.27. The highest BCUT2D eigenvalue weighted by Crippen LogP contribution is 2.25. The summed E-state index contributed by atoms with van der Waals surface area (Å²) in [5.41, 5.74) is 3.15. The Kier molecular flexibility index (Phi) is 5.35. The zero-order chi connectivity index (χ0) is 20.2. The largest absolute Gasteiger partial charge is 0.497 e.